The van der Waals surface area contributed by atoms with Crippen molar-refractivity contribution in [3.8, 4) is 5.75 Å². The number of hydrogen-bond acceptors (Lipinski definition) is 7. The number of amides is 1. The number of anilines is 1. The summed E-state index contributed by atoms with van der Waals surface area (Å²) in [5.41, 5.74) is 1.04. The summed E-state index contributed by atoms with van der Waals surface area (Å²) < 4.78 is 38.0. The van der Waals surface area contributed by atoms with Crippen molar-refractivity contribution in [1.29, 1.82) is 0 Å². The molecule has 1 aromatic heterocycles. The van der Waals surface area contributed by atoms with E-state index in [4.69, 9.17) is 9.26 Å². The van der Waals surface area contributed by atoms with Gasteiger partial charge in [0.05, 0.1) is 17.1 Å². The van der Waals surface area contributed by atoms with Crippen LogP contribution in [0.4, 0.5) is 5.69 Å². The van der Waals surface area contributed by atoms with Crippen molar-refractivity contribution in [1.82, 2.24) is 14.4 Å². The molecule has 9 nitrogen and oxygen atoms in total. The molecule has 0 bridgehead atoms. The van der Waals surface area contributed by atoms with Crippen molar-refractivity contribution < 1.29 is 22.5 Å². The smallest absolute Gasteiger partial charge is 0.265 e. The average molecular weight is 423 g/mol. The fourth-order valence-electron chi connectivity index (χ4n) is 3.09. The molecule has 0 spiro atoms. The molecular weight excluding hydrogens is 396 g/mol. The van der Waals surface area contributed by atoms with Gasteiger partial charge in [-0.25, -0.2) is 12.7 Å². The lowest BCUT2D eigenvalue weighted by Crippen LogP contribution is -2.39. The van der Waals surface area contributed by atoms with Gasteiger partial charge in [0.15, 0.2) is 12.4 Å². The van der Waals surface area contributed by atoms with E-state index in [9.17, 15) is 13.2 Å². The molecule has 0 unspecified atom stereocenters. The summed E-state index contributed by atoms with van der Waals surface area (Å²) in [6, 6.07) is 3.16. The Hall–Kier alpha value is -2.46. The number of unbranched alkanes of at least 4 members (excludes halogenated alkanes) is 1. The minimum Gasteiger partial charge on any atom is -0.482 e. The number of aromatic nitrogens is 2. The summed E-state index contributed by atoms with van der Waals surface area (Å²) in [6.07, 6.45) is 2.29. The highest BCUT2D eigenvalue weighted by Gasteiger charge is 2.31. The summed E-state index contributed by atoms with van der Waals surface area (Å²) in [5.74, 6) is 0.970. The molecule has 0 radical (unpaired) electrons. The molecule has 0 fully saturated rings. The fraction of sp³-hybridized carbons (Fsp3) is 0.526. The van der Waals surface area contributed by atoms with E-state index in [0.717, 1.165) is 12.8 Å². The molecule has 2 aromatic rings. The standard InChI is InChI=1S/C19H26N4O5S/c1-5-7-8-22(4)29(25,26)16-10-15-14(9-13(16)3)23(19(24)12-27-15)11-17-20-18(6-2)28-21-17/h9-10H,5-8,11-12H2,1-4H3. The van der Waals surface area contributed by atoms with Gasteiger partial charge in [-0.15, -0.1) is 0 Å². The van der Waals surface area contributed by atoms with Gasteiger partial charge in [-0.05, 0) is 25.0 Å². The average Bonchev–Trinajstić information content (AvgIpc) is 3.15. The zero-order valence-corrected chi connectivity index (χ0v) is 18.0. The zero-order valence-electron chi connectivity index (χ0n) is 17.1. The number of sulfonamides is 1. The Morgan fingerprint density at radius 2 is 2.03 bits per heavy atom. The van der Waals surface area contributed by atoms with Gasteiger partial charge >= 0.3 is 0 Å². The minimum atomic E-state index is -3.66. The van der Waals surface area contributed by atoms with E-state index in [2.05, 4.69) is 10.1 Å². The van der Waals surface area contributed by atoms with Crippen molar-refractivity contribution in [2.45, 2.75) is 51.5 Å². The maximum atomic E-state index is 13.0. The van der Waals surface area contributed by atoms with Gasteiger partial charge in [0.2, 0.25) is 15.9 Å². The van der Waals surface area contributed by atoms with E-state index in [1.165, 1.54) is 15.3 Å². The van der Waals surface area contributed by atoms with Crippen LogP contribution in [0.15, 0.2) is 21.6 Å². The van der Waals surface area contributed by atoms with E-state index in [1.807, 2.05) is 13.8 Å². The molecule has 0 atom stereocenters. The second-order valence-electron chi connectivity index (χ2n) is 6.99. The first-order valence-corrected chi connectivity index (χ1v) is 11.1. The van der Waals surface area contributed by atoms with Gasteiger partial charge in [-0.1, -0.05) is 25.4 Å². The molecule has 158 valence electrons. The Morgan fingerprint density at radius 1 is 1.28 bits per heavy atom. The maximum absolute atomic E-state index is 13.0. The molecule has 0 saturated heterocycles. The van der Waals surface area contributed by atoms with Crippen LogP contribution < -0.4 is 9.64 Å². The number of fused-ring (bicyclic) bond motifs is 1. The molecule has 10 heteroatoms. The second-order valence-corrected chi connectivity index (χ2v) is 9.01. The highest BCUT2D eigenvalue weighted by molar-refractivity contribution is 7.89. The predicted octanol–water partition coefficient (Wildman–Crippen LogP) is 2.29. The highest BCUT2D eigenvalue weighted by atomic mass is 32.2. The number of carbonyl (C=O) groups excluding carboxylic acids is 1. The molecule has 0 aliphatic carbocycles. The Kier molecular flexibility index (Phi) is 6.23. The largest absolute Gasteiger partial charge is 0.482 e. The molecule has 2 heterocycles. The van der Waals surface area contributed by atoms with Crippen LogP contribution in [0.3, 0.4) is 0 Å². The number of hydrogen-bond donors (Lipinski definition) is 0. The third-order valence-corrected chi connectivity index (χ3v) is 6.83. The maximum Gasteiger partial charge on any atom is 0.265 e. The van der Waals surface area contributed by atoms with E-state index in [1.54, 1.807) is 20.0 Å². The Morgan fingerprint density at radius 3 is 2.69 bits per heavy atom. The number of carbonyl (C=O) groups is 1. The van der Waals surface area contributed by atoms with Crippen molar-refractivity contribution in [2.75, 3.05) is 25.1 Å². The van der Waals surface area contributed by atoms with E-state index in [0.29, 0.717) is 41.7 Å². The minimum absolute atomic E-state index is 0.126. The Labute approximate surface area is 170 Å². The van der Waals surface area contributed by atoms with Gasteiger partial charge in [0.1, 0.15) is 5.75 Å². The van der Waals surface area contributed by atoms with Crippen molar-refractivity contribution in [3.05, 3.63) is 29.4 Å². The number of rotatable bonds is 8. The lowest BCUT2D eigenvalue weighted by molar-refractivity contribution is -0.121. The highest BCUT2D eigenvalue weighted by Crippen LogP contribution is 2.37. The van der Waals surface area contributed by atoms with E-state index < -0.39 is 10.0 Å². The number of ether oxygens (including phenoxy) is 1. The molecule has 3 rings (SSSR count). The van der Waals surface area contributed by atoms with Crippen LogP contribution in [0.5, 0.6) is 5.75 Å². The van der Waals surface area contributed by atoms with Crippen molar-refractivity contribution in [2.24, 2.45) is 0 Å². The van der Waals surface area contributed by atoms with Crippen molar-refractivity contribution in [3.63, 3.8) is 0 Å². The lowest BCUT2D eigenvalue weighted by Gasteiger charge is -2.30. The molecule has 0 N–H and O–H groups in total. The van der Waals surface area contributed by atoms with Gasteiger partial charge in [0.25, 0.3) is 5.91 Å². The summed E-state index contributed by atoms with van der Waals surface area (Å²) in [6.45, 7) is 6.01. The number of aryl methyl sites for hydroxylation is 2. The number of nitrogens with zero attached hydrogens (tertiary/aromatic N) is 4. The zero-order chi connectivity index (χ0) is 21.2. The van der Waals surface area contributed by atoms with Crippen LogP contribution in [0, 0.1) is 6.92 Å². The summed E-state index contributed by atoms with van der Waals surface area (Å²) in [4.78, 5) is 18.4. The first kappa shape index (κ1) is 21.3. The fourth-order valence-corrected chi connectivity index (χ4v) is 4.52. The van der Waals surface area contributed by atoms with Gasteiger partial charge in [0, 0.05) is 26.1 Å². The summed E-state index contributed by atoms with van der Waals surface area (Å²) in [5, 5.41) is 3.90. The number of benzene rings is 1. The predicted molar refractivity (Wildman–Crippen MR) is 106 cm³/mol. The molecule has 29 heavy (non-hydrogen) atoms. The van der Waals surface area contributed by atoms with Crippen LogP contribution in [0.25, 0.3) is 0 Å². The van der Waals surface area contributed by atoms with Crippen LogP contribution in [0.2, 0.25) is 0 Å². The van der Waals surface area contributed by atoms with Crippen LogP contribution in [-0.2, 0) is 27.8 Å². The Bertz CT molecular complexity index is 1000. The monoisotopic (exact) mass is 422 g/mol. The molecule has 1 aromatic carbocycles. The van der Waals surface area contributed by atoms with Gasteiger partial charge in [-0.2, -0.15) is 4.98 Å². The van der Waals surface area contributed by atoms with Crippen molar-refractivity contribution >= 4 is 21.6 Å². The van der Waals surface area contributed by atoms with Crippen LogP contribution in [-0.4, -0.2) is 49.0 Å². The SMILES string of the molecule is CCCCN(C)S(=O)(=O)c1cc2c(cc1C)N(Cc1noc(CC)n1)C(=O)CO2. The first-order chi connectivity index (χ1) is 13.8. The van der Waals surface area contributed by atoms with E-state index >= 15 is 0 Å². The summed E-state index contributed by atoms with van der Waals surface area (Å²) in [7, 11) is -2.08. The lowest BCUT2D eigenvalue weighted by atomic mass is 10.1. The second kappa shape index (κ2) is 8.50. The summed E-state index contributed by atoms with van der Waals surface area (Å²) >= 11 is 0. The molecular formula is C19H26N4O5S. The third-order valence-electron chi connectivity index (χ3n) is 4.83. The molecule has 1 aliphatic heterocycles. The van der Waals surface area contributed by atoms with Crippen LogP contribution >= 0.6 is 0 Å². The van der Waals surface area contributed by atoms with Crippen LogP contribution in [0.1, 0.15) is 44.0 Å². The first-order valence-electron chi connectivity index (χ1n) is 9.63. The molecule has 1 amide bonds. The normalized spacial score (nSPS) is 14.2. The Balaban J connectivity index is 1.95. The molecule has 0 saturated carbocycles. The quantitative estimate of drug-likeness (QED) is 0.642. The van der Waals surface area contributed by atoms with Gasteiger partial charge in [-0.3, -0.25) is 9.69 Å². The molecule has 1 aliphatic rings. The third kappa shape index (κ3) is 4.27. The van der Waals surface area contributed by atoms with Gasteiger partial charge < -0.3 is 9.26 Å². The topological polar surface area (TPSA) is 106 Å². The van der Waals surface area contributed by atoms with E-state index in [-0.39, 0.29) is 24.0 Å².